The Morgan fingerprint density at radius 3 is 2.17 bits per heavy atom. The van der Waals surface area contributed by atoms with Crippen LogP contribution >= 0.6 is 0 Å². The first-order valence-corrected chi connectivity index (χ1v) is 7.20. The minimum absolute atomic E-state index is 0.0835. The van der Waals surface area contributed by atoms with Crippen LogP contribution in [0.4, 0.5) is 0 Å². The number of guanidine groups is 1. The molecule has 2 N–H and O–H groups in total. The van der Waals surface area contributed by atoms with E-state index in [1.807, 2.05) is 0 Å². The van der Waals surface area contributed by atoms with Gasteiger partial charge in [-0.1, -0.05) is 20.8 Å². The standard InChI is InChI=1S/C15H31N3/c1-14(2,3)12-8-7-10-18(11-9-12)13(16)17-15(4,5)6/h12H,7-11H2,1-6H3,(H2,16,17). The zero-order chi connectivity index (χ0) is 14.0. The van der Waals surface area contributed by atoms with Gasteiger partial charge >= 0.3 is 0 Å². The van der Waals surface area contributed by atoms with Crippen LogP contribution in [0.2, 0.25) is 0 Å². The third-order valence-corrected chi connectivity index (χ3v) is 3.73. The van der Waals surface area contributed by atoms with Gasteiger partial charge in [-0.15, -0.1) is 0 Å². The molecule has 0 aromatic rings. The molecular weight excluding hydrogens is 222 g/mol. The summed E-state index contributed by atoms with van der Waals surface area (Å²) in [7, 11) is 0. The molecule has 1 rings (SSSR count). The molecule has 3 nitrogen and oxygen atoms in total. The molecule has 0 aromatic carbocycles. The lowest BCUT2D eigenvalue weighted by molar-refractivity contribution is 0.216. The Morgan fingerprint density at radius 2 is 1.67 bits per heavy atom. The number of hydrogen-bond donors (Lipinski definition) is 1. The molecule has 1 heterocycles. The summed E-state index contributed by atoms with van der Waals surface area (Å²) < 4.78 is 0. The second-order valence-electron chi connectivity index (χ2n) is 7.62. The van der Waals surface area contributed by atoms with Crippen molar-refractivity contribution in [2.24, 2.45) is 22.1 Å². The van der Waals surface area contributed by atoms with Crippen molar-refractivity contribution in [1.82, 2.24) is 4.90 Å². The predicted molar refractivity (Wildman–Crippen MR) is 79.7 cm³/mol. The average molecular weight is 253 g/mol. The fraction of sp³-hybridized carbons (Fsp3) is 0.933. The first kappa shape index (κ1) is 15.3. The fourth-order valence-electron chi connectivity index (χ4n) is 2.61. The van der Waals surface area contributed by atoms with E-state index in [-0.39, 0.29) is 5.54 Å². The van der Waals surface area contributed by atoms with Gasteiger partial charge in [-0.25, -0.2) is 4.99 Å². The van der Waals surface area contributed by atoms with Crippen LogP contribution in [0.5, 0.6) is 0 Å². The van der Waals surface area contributed by atoms with Gasteiger partial charge in [0.05, 0.1) is 5.54 Å². The third-order valence-electron chi connectivity index (χ3n) is 3.73. The van der Waals surface area contributed by atoms with Crippen molar-refractivity contribution in [3.63, 3.8) is 0 Å². The molecule has 0 aliphatic carbocycles. The largest absolute Gasteiger partial charge is 0.370 e. The van der Waals surface area contributed by atoms with Crippen molar-refractivity contribution >= 4 is 5.96 Å². The molecule has 1 unspecified atom stereocenters. The van der Waals surface area contributed by atoms with Gasteiger partial charge in [-0.05, 0) is 51.4 Å². The van der Waals surface area contributed by atoms with Crippen LogP contribution in [0.1, 0.15) is 60.8 Å². The second-order valence-corrected chi connectivity index (χ2v) is 7.62. The zero-order valence-corrected chi connectivity index (χ0v) is 13.1. The number of hydrogen-bond acceptors (Lipinski definition) is 1. The lowest BCUT2D eigenvalue weighted by atomic mass is 9.77. The van der Waals surface area contributed by atoms with Crippen molar-refractivity contribution in [2.75, 3.05) is 13.1 Å². The maximum atomic E-state index is 6.13. The highest BCUT2D eigenvalue weighted by molar-refractivity contribution is 5.78. The van der Waals surface area contributed by atoms with Crippen LogP contribution in [0.3, 0.4) is 0 Å². The predicted octanol–water partition coefficient (Wildman–Crippen LogP) is 3.25. The summed E-state index contributed by atoms with van der Waals surface area (Å²) in [6, 6.07) is 0. The molecule has 3 heteroatoms. The average Bonchev–Trinajstić information content (AvgIpc) is 2.38. The van der Waals surface area contributed by atoms with Crippen LogP contribution in [0, 0.1) is 11.3 Å². The van der Waals surface area contributed by atoms with E-state index >= 15 is 0 Å². The number of rotatable bonds is 0. The molecule has 1 saturated heterocycles. The molecule has 1 aliphatic rings. The first-order valence-electron chi connectivity index (χ1n) is 7.20. The molecule has 1 fully saturated rings. The van der Waals surface area contributed by atoms with E-state index in [1.54, 1.807) is 0 Å². The van der Waals surface area contributed by atoms with Gasteiger partial charge in [-0.3, -0.25) is 0 Å². The molecule has 0 saturated carbocycles. The molecule has 1 aliphatic heterocycles. The fourth-order valence-corrected chi connectivity index (χ4v) is 2.61. The summed E-state index contributed by atoms with van der Waals surface area (Å²) in [6.07, 6.45) is 3.76. The molecule has 0 aromatic heterocycles. The SMILES string of the molecule is CC(C)(C)N=C(N)N1CCCC(C(C)(C)C)CC1. The highest BCUT2D eigenvalue weighted by atomic mass is 15.3. The van der Waals surface area contributed by atoms with E-state index in [9.17, 15) is 0 Å². The van der Waals surface area contributed by atoms with Gasteiger partial charge in [0.1, 0.15) is 0 Å². The van der Waals surface area contributed by atoms with Crippen LogP contribution in [0.15, 0.2) is 4.99 Å². The van der Waals surface area contributed by atoms with E-state index in [0.717, 1.165) is 25.0 Å². The highest BCUT2D eigenvalue weighted by Crippen LogP contribution is 2.34. The van der Waals surface area contributed by atoms with Crippen molar-refractivity contribution < 1.29 is 0 Å². The van der Waals surface area contributed by atoms with E-state index in [4.69, 9.17) is 5.73 Å². The van der Waals surface area contributed by atoms with E-state index in [2.05, 4.69) is 51.4 Å². The Kier molecular flexibility index (Phi) is 4.68. The second kappa shape index (κ2) is 5.50. The summed E-state index contributed by atoms with van der Waals surface area (Å²) in [5, 5.41) is 0. The molecule has 0 amide bonds. The maximum absolute atomic E-state index is 6.13. The van der Waals surface area contributed by atoms with Crippen molar-refractivity contribution in [3.05, 3.63) is 0 Å². The minimum atomic E-state index is -0.0835. The van der Waals surface area contributed by atoms with Gasteiger partial charge in [0.25, 0.3) is 0 Å². The Bertz CT molecular complexity index is 294. The van der Waals surface area contributed by atoms with Crippen molar-refractivity contribution in [2.45, 2.75) is 66.3 Å². The van der Waals surface area contributed by atoms with Crippen LogP contribution < -0.4 is 5.73 Å². The number of likely N-dealkylation sites (tertiary alicyclic amines) is 1. The van der Waals surface area contributed by atoms with Gasteiger partial charge in [-0.2, -0.15) is 0 Å². The van der Waals surface area contributed by atoms with Crippen LogP contribution in [-0.4, -0.2) is 29.5 Å². The third kappa shape index (κ3) is 4.87. The van der Waals surface area contributed by atoms with Gasteiger partial charge in [0.2, 0.25) is 0 Å². The van der Waals surface area contributed by atoms with Crippen molar-refractivity contribution in [3.8, 4) is 0 Å². The molecule has 106 valence electrons. The number of nitrogens with two attached hydrogens (primary N) is 1. The lowest BCUT2D eigenvalue weighted by Gasteiger charge is -2.30. The molecule has 0 spiro atoms. The summed E-state index contributed by atoms with van der Waals surface area (Å²) >= 11 is 0. The van der Waals surface area contributed by atoms with Gasteiger partial charge < -0.3 is 10.6 Å². The lowest BCUT2D eigenvalue weighted by Crippen LogP contribution is -2.40. The zero-order valence-electron chi connectivity index (χ0n) is 13.1. The quantitative estimate of drug-likeness (QED) is 0.532. The Morgan fingerprint density at radius 1 is 1.06 bits per heavy atom. The van der Waals surface area contributed by atoms with Gasteiger partial charge in [0, 0.05) is 13.1 Å². The topological polar surface area (TPSA) is 41.6 Å². The molecule has 1 atom stereocenters. The highest BCUT2D eigenvalue weighted by Gasteiger charge is 2.27. The Balaban J connectivity index is 2.65. The van der Waals surface area contributed by atoms with Gasteiger partial charge in [0.15, 0.2) is 5.96 Å². The van der Waals surface area contributed by atoms with E-state index < -0.39 is 0 Å². The number of aliphatic imine (C=N–C) groups is 1. The van der Waals surface area contributed by atoms with E-state index in [1.165, 1.54) is 19.3 Å². The normalized spacial score (nSPS) is 24.0. The Labute approximate surface area is 113 Å². The summed E-state index contributed by atoms with van der Waals surface area (Å²) in [4.78, 5) is 6.84. The molecule has 18 heavy (non-hydrogen) atoms. The monoisotopic (exact) mass is 253 g/mol. The summed E-state index contributed by atoms with van der Waals surface area (Å²) in [5.74, 6) is 1.52. The maximum Gasteiger partial charge on any atom is 0.191 e. The molecule has 0 radical (unpaired) electrons. The Hall–Kier alpha value is -0.730. The smallest absolute Gasteiger partial charge is 0.191 e. The number of nitrogens with zero attached hydrogens (tertiary/aromatic N) is 2. The summed E-state index contributed by atoms with van der Waals surface area (Å²) in [5.41, 5.74) is 6.46. The first-order chi connectivity index (χ1) is 8.09. The summed E-state index contributed by atoms with van der Waals surface area (Å²) in [6.45, 7) is 15.4. The van der Waals surface area contributed by atoms with Crippen LogP contribution in [-0.2, 0) is 0 Å². The van der Waals surface area contributed by atoms with Crippen LogP contribution in [0.25, 0.3) is 0 Å². The molecular formula is C15H31N3. The minimum Gasteiger partial charge on any atom is -0.370 e. The van der Waals surface area contributed by atoms with Crippen molar-refractivity contribution in [1.29, 1.82) is 0 Å². The van der Waals surface area contributed by atoms with E-state index in [0.29, 0.717) is 5.41 Å². The molecule has 0 bridgehead atoms.